The van der Waals surface area contributed by atoms with Crippen LogP contribution in [0.2, 0.25) is 0 Å². The Balaban J connectivity index is 2.18. The van der Waals surface area contributed by atoms with Crippen molar-refractivity contribution in [3.63, 3.8) is 0 Å². The molecule has 92 valence electrons. The quantitative estimate of drug-likeness (QED) is 0.768. The number of carbonyl (C=O) groups excluding carboxylic acids is 1. The largest absolute Gasteiger partial charge is 0.497 e. The summed E-state index contributed by atoms with van der Waals surface area (Å²) < 4.78 is 5.22. The van der Waals surface area contributed by atoms with E-state index in [1.165, 1.54) is 11.5 Å². The highest BCUT2D eigenvalue weighted by Gasteiger charge is 2.25. The summed E-state index contributed by atoms with van der Waals surface area (Å²) in [6.45, 7) is 0. The van der Waals surface area contributed by atoms with Gasteiger partial charge in [0, 0.05) is 5.92 Å². The maximum absolute atomic E-state index is 11.4. The number of benzene rings is 1. The highest BCUT2D eigenvalue weighted by Crippen LogP contribution is 2.34. The van der Waals surface area contributed by atoms with E-state index in [1.54, 1.807) is 7.11 Å². The van der Waals surface area contributed by atoms with Crippen LogP contribution in [-0.2, 0) is 4.79 Å². The molecule has 0 aliphatic carbocycles. The van der Waals surface area contributed by atoms with Gasteiger partial charge in [-0.2, -0.15) is 11.8 Å². The molecular weight excluding hydrogens is 232 g/mol. The molecule has 1 aliphatic rings. The Morgan fingerprint density at radius 2 is 2.18 bits per heavy atom. The van der Waals surface area contributed by atoms with Crippen molar-refractivity contribution >= 4 is 18.0 Å². The van der Waals surface area contributed by atoms with Gasteiger partial charge in [0.1, 0.15) is 12.0 Å². The van der Waals surface area contributed by atoms with Gasteiger partial charge >= 0.3 is 0 Å². The van der Waals surface area contributed by atoms with Gasteiger partial charge in [-0.1, -0.05) is 12.1 Å². The number of thioether (sulfide) groups is 1. The Hall–Kier alpha value is -0.960. The first-order valence-corrected chi connectivity index (χ1v) is 7.17. The fourth-order valence-corrected chi connectivity index (χ4v) is 3.53. The second kappa shape index (κ2) is 6.10. The van der Waals surface area contributed by atoms with E-state index in [-0.39, 0.29) is 5.92 Å². The van der Waals surface area contributed by atoms with Crippen molar-refractivity contribution in [1.82, 2.24) is 0 Å². The van der Waals surface area contributed by atoms with Gasteiger partial charge in [-0.25, -0.2) is 0 Å². The summed E-state index contributed by atoms with van der Waals surface area (Å²) in [7, 11) is 1.66. The standard InChI is InChI=1S/C14H18O2S/c1-16-13-4-2-3-12(9-13)14(10-15)11-5-7-17-8-6-11/h2-4,9-11,14H,5-8H2,1H3. The Bertz CT molecular complexity index is 372. The maximum Gasteiger partial charge on any atom is 0.127 e. The van der Waals surface area contributed by atoms with E-state index in [0.29, 0.717) is 5.92 Å². The van der Waals surface area contributed by atoms with Crippen molar-refractivity contribution in [2.45, 2.75) is 18.8 Å². The number of aldehydes is 1. The molecule has 1 atom stereocenters. The second-order valence-electron chi connectivity index (χ2n) is 4.39. The zero-order chi connectivity index (χ0) is 12.1. The lowest BCUT2D eigenvalue weighted by molar-refractivity contribution is -0.110. The Morgan fingerprint density at radius 3 is 2.82 bits per heavy atom. The van der Waals surface area contributed by atoms with Crippen molar-refractivity contribution in [2.75, 3.05) is 18.6 Å². The smallest absolute Gasteiger partial charge is 0.127 e. The average molecular weight is 250 g/mol. The first-order valence-electron chi connectivity index (χ1n) is 6.02. The summed E-state index contributed by atoms with van der Waals surface area (Å²) in [4.78, 5) is 11.4. The van der Waals surface area contributed by atoms with E-state index < -0.39 is 0 Å². The molecule has 1 saturated heterocycles. The zero-order valence-electron chi connectivity index (χ0n) is 10.1. The van der Waals surface area contributed by atoms with Crippen molar-refractivity contribution in [2.24, 2.45) is 5.92 Å². The van der Waals surface area contributed by atoms with Gasteiger partial charge in [-0.3, -0.25) is 0 Å². The highest BCUT2D eigenvalue weighted by molar-refractivity contribution is 7.99. The molecular formula is C14H18O2S. The second-order valence-corrected chi connectivity index (χ2v) is 5.61. The molecule has 0 saturated carbocycles. The van der Waals surface area contributed by atoms with Crippen LogP contribution in [0.3, 0.4) is 0 Å². The first kappa shape index (κ1) is 12.5. The molecule has 0 spiro atoms. The summed E-state index contributed by atoms with van der Waals surface area (Å²) in [5.74, 6) is 3.73. The van der Waals surface area contributed by atoms with Crippen LogP contribution in [0.1, 0.15) is 24.3 Å². The summed E-state index contributed by atoms with van der Waals surface area (Å²) in [6, 6.07) is 7.90. The van der Waals surface area contributed by atoms with Crippen molar-refractivity contribution in [3.8, 4) is 5.75 Å². The van der Waals surface area contributed by atoms with Gasteiger partial charge in [-0.05, 0) is 48.0 Å². The number of hydrogen-bond donors (Lipinski definition) is 0. The van der Waals surface area contributed by atoms with Crippen LogP contribution in [0.4, 0.5) is 0 Å². The van der Waals surface area contributed by atoms with Crippen molar-refractivity contribution in [3.05, 3.63) is 29.8 Å². The van der Waals surface area contributed by atoms with Gasteiger partial charge in [-0.15, -0.1) is 0 Å². The van der Waals surface area contributed by atoms with Gasteiger partial charge in [0.05, 0.1) is 7.11 Å². The SMILES string of the molecule is COc1cccc(C(C=O)C2CCSCC2)c1. The Morgan fingerprint density at radius 1 is 1.41 bits per heavy atom. The molecule has 0 aromatic heterocycles. The fourth-order valence-electron chi connectivity index (χ4n) is 2.39. The minimum atomic E-state index is 0.0333. The average Bonchev–Trinajstić information content (AvgIpc) is 2.41. The third-order valence-corrected chi connectivity index (χ3v) is 4.45. The molecule has 1 unspecified atom stereocenters. The molecule has 0 N–H and O–H groups in total. The van der Waals surface area contributed by atoms with Gasteiger partial charge in [0.15, 0.2) is 0 Å². The first-order chi connectivity index (χ1) is 8.35. The van der Waals surface area contributed by atoms with E-state index in [0.717, 1.165) is 30.4 Å². The minimum absolute atomic E-state index is 0.0333. The molecule has 17 heavy (non-hydrogen) atoms. The molecule has 1 fully saturated rings. The lowest BCUT2D eigenvalue weighted by Gasteiger charge is -2.26. The molecule has 2 nitrogen and oxygen atoms in total. The molecule has 3 heteroatoms. The van der Waals surface area contributed by atoms with Crippen LogP contribution in [0.15, 0.2) is 24.3 Å². The van der Waals surface area contributed by atoms with Crippen LogP contribution in [0, 0.1) is 5.92 Å². The van der Waals surface area contributed by atoms with E-state index in [2.05, 4.69) is 0 Å². The summed E-state index contributed by atoms with van der Waals surface area (Å²) in [6.07, 6.45) is 3.39. The predicted molar refractivity (Wildman–Crippen MR) is 71.8 cm³/mol. The molecule has 0 amide bonds. The number of ether oxygens (including phenoxy) is 1. The van der Waals surface area contributed by atoms with Gasteiger partial charge in [0.25, 0.3) is 0 Å². The number of hydrogen-bond acceptors (Lipinski definition) is 3. The molecule has 0 radical (unpaired) electrons. The van der Waals surface area contributed by atoms with E-state index in [9.17, 15) is 4.79 Å². The molecule has 1 aromatic carbocycles. The van der Waals surface area contributed by atoms with Crippen LogP contribution in [0.5, 0.6) is 5.75 Å². The van der Waals surface area contributed by atoms with Crippen LogP contribution < -0.4 is 4.74 Å². The Kier molecular flexibility index (Phi) is 4.49. The lowest BCUT2D eigenvalue weighted by Crippen LogP contribution is -2.19. The molecule has 1 heterocycles. The highest BCUT2D eigenvalue weighted by atomic mass is 32.2. The normalized spacial score (nSPS) is 18.6. The number of carbonyl (C=O) groups is 1. The molecule has 1 aliphatic heterocycles. The van der Waals surface area contributed by atoms with Crippen molar-refractivity contribution < 1.29 is 9.53 Å². The molecule has 0 bridgehead atoms. The Labute approximate surface area is 107 Å². The fraction of sp³-hybridized carbons (Fsp3) is 0.500. The van der Waals surface area contributed by atoms with Gasteiger partial charge in [0.2, 0.25) is 0 Å². The predicted octanol–water partition coefficient (Wildman–Crippen LogP) is 3.12. The molecule has 1 aromatic rings. The van der Waals surface area contributed by atoms with Crippen molar-refractivity contribution in [1.29, 1.82) is 0 Å². The van der Waals surface area contributed by atoms with E-state index in [1.807, 2.05) is 36.0 Å². The van der Waals surface area contributed by atoms with Gasteiger partial charge < -0.3 is 9.53 Å². The topological polar surface area (TPSA) is 26.3 Å². The minimum Gasteiger partial charge on any atom is -0.497 e. The zero-order valence-corrected chi connectivity index (χ0v) is 10.9. The summed E-state index contributed by atoms with van der Waals surface area (Å²) in [5.41, 5.74) is 1.09. The third kappa shape index (κ3) is 3.03. The lowest BCUT2D eigenvalue weighted by atomic mass is 9.83. The monoisotopic (exact) mass is 250 g/mol. The van der Waals surface area contributed by atoms with Crippen LogP contribution >= 0.6 is 11.8 Å². The van der Waals surface area contributed by atoms with Crippen LogP contribution in [0.25, 0.3) is 0 Å². The summed E-state index contributed by atoms with van der Waals surface area (Å²) in [5, 5.41) is 0. The molecule has 2 rings (SSSR count). The van der Waals surface area contributed by atoms with E-state index in [4.69, 9.17) is 4.74 Å². The summed E-state index contributed by atoms with van der Waals surface area (Å²) >= 11 is 1.99. The van der Waals surface area contributed by atoms with E-state index >= 15 is 0 Å². The van der Waals surface area contributed by atoms with Crippen LogP contribution in [-0.4, -0.2) is 24.9 Å². The number of methoxy groups -OCH3 is 1. The maximum atomic E-state index is 11.4. The number of rotatable bonds is 4. The third-order valence-electron chi connectivity index (χ3n) is 3.40.